The second-order valence-corrected chi connectivity index (χ2v) is 5.60. The largest absolute Gasteiger partial charge is 0.490 e. The van der Waals surface area contributed by atoms with E-state index in [0.717, 1.165) is 23.3 Å². The first kappa shape index (κ1) is 16.9. The summed E-state index contributed by atoms with van der Waals surface area (Å²) in [6, 6.07) is 11.3. The van der Waals surface area contributed by atoms with E-state index in [1.165, 1.54) is 0 Å². The molecule has 0 heterocycles. The van der Waals surface area contributed by atoms with E-state index < -0.39 is 0 Å². The molecule has 22 heavy (non-hydrogen) atoms. The van der Waals surface area contributed by atoms with Gasteiger partial charge in [-0.25, -0.2) is 0 Å². The molecule has 5 heteroatoms. The fraction of sp³-hybridized carbons (Fsp3) is 0.294. The number of rotatable bonds is 7. The smallest absolute Gasteiger partial charge is 0.161 e. The summed E-state index contributed by atoms with van der Waals surface area (Å²) < 4.78 is 11.5. The topological polar surface area (TPSA) is 44.5 Å². The molecule has 3 nitrogen and oxygen atoms in total. The third kappa shape index (κ3) is 4.54. The quantitative estimate of drug-likeness (QED) is 0.809. The molecule has 0 radical (unpaired) electrons. The maximum atomic E-state index is 6.01. The maximum Gasteiger partial charge on any atom is 0.161 e. The Hall–Kier alpha value is -1.42. The zero-order valence-corrected chi connectivity index (χ0v) is 14.0. The highest BCUT2D eigenvalue weighted by Gasteiger charge is 2.07. The number of hydrogen-bond acceptors (Lipinski definition) is 3. The second kappa shape index (κ2) is 8.28. The van der Waals surface area contributed by atoms with Gasteiger partial charge in [-0.1, -0.05) is 35.3 Å². The van der Waals surface area contributed by atoms with Crippen LogP contribution in [0.25, 0.3) is 0 Å². The molecule has 0 spiro atoms. The van der Waals surface area contributed by atoms with Crippen molar-refractivity contribution in [1.82, 2.24) is 0 Å². The summed E-state index contributed by atoms with van der Waals surface area (Å²) in [5.41, 5.74) is 7.67. The van der Waals surface area contributed by atoms with Crippen LogP contribution in [0.5, 0.6) is 11.5 Å². The highest BCUT2D eigenvalue weighted by molar-refractivity contribution is 6.42. The molecule has 0 unspecified atom stereocenters. The van der Waals surface area contributed by atoms with Gasteiger partial charge in [0.2, 0.25) is 0 Å². The van der Waals surface area contributed by atoms with Crippen LogP contribution in [-0.4, -0.2) is 13.2 Å². The van der Waals surface area contributed by atoms with Gasteiger partial charge in [0.15, 0.2) is 11.5 Å². The van der Waals surface area contributed by atoms with Crippen molar-refractivity contribution in [2.45, 2.75) is 20.0 Å². The molecule has 0 bridgehead atoms. The third-order valence-corrected chi connectivity index (χ3v) is 3.86. The van der Waals surface area contributed by atoms with Crippen LogP contribution in [-0.2, 0) is 13.0 Å². The van der Waals surface area contributed by atoms with E-state index in [-0.39, 0.29) is 0 Å². The first-order valence-corrected chi connectivity index (χ1v) is 7.92. The lowest BCUT2D eigenvalue weighted by Gasteiger charge is -2.13. The Morgan fingerprint density at radius 3 is 2.36 bits per heavy atom. The average molecular weight is 340 g/mol. The van der Waals surface area contributed by atoms with E-state index in [9.17, 15) is 0 Å². The molecule has 0 saturated heterocycles. The predicted molar refractivity (Wildman–Crippen MR) is 91.2 cm³/mol. The van der Waals surface area contributed by atoms with Crippen LogP contribution in [0.3, 0.4) is 0 Å². The van der Waals surface area contributed by atoms with Gasteiger partial charge >= 0.3 is 0 Å². The summed E-state index contributed by atoms with van der Waals surface area (Å²) >= 11 is 11.9. The van der Waals surface area contributed by atoms with Gasteiger partial charge in [-0.15, -0.1) is 0 Å². The minimum atomic E-state index is 0.396. The average Bonchev–Trinajstić information content (AvgIpc) is 2.50. The molecule has 0 atom stereocenters. The van der Waals surface area contributed by atoms with E-state index in [1.807, 2.05) is 31.2 Å². The van der Waals surface area contributed by atoms with Crippen LogP contribution in [0.15, 0.2) is 36.4 Å². The normalized spacial score (nSPS) is 10.5. The van der Waals surface area contributed by atoms with Crippen LogP contribution in [0.1, 0.15) is 18.1 Å². The number of nitrogens with two attached hydrogens (primary N) is 1. The van der Waals surface area contributed by atoms with Crippen molar-refractivity contribution in [3.8, 4) is 11.5 Å². The highest BCUT2D eigenvalue weighted by Crippen LogP contribution is 2.30. The molecular weight excluding hydrogens is 321 g/mol. The second-order valence-electron chi connectivity index (χ2n) is 4.79. The molecular formula is C17H19Cl2NO2. The Kier molecular flexibility index (Phi) is 6.37. The van der Waals surface area contributed by atoms with E-state index >= 15 is 0 Å². The van der Waals surface area contributed by atoms with Crippen molar-refractivity contribution in [3.63, 3.8) is 0 Å². The van der Waals surface area contributed by atoms with Gasteiger partial charge in [0.05, 0.1) is 16.7 Å². The van der Waals surface area contributed by atoms with Crippen molar-refractivity contribution in [1.29, 1.82) is 0 Å². The zero-order valence-electron chi connectivity index (χ0n) is 12.4. The standard InChI is InChI=1S/C17H19Cl2NO2/c1-2-21-17-10-12(7-8-20)4-6-16(17)22-11-13-3-5-14(18)15(19)9-13/h3-6,9-10H,2,7-8,11,20H2,1H3. The van der Waals surface area contributed by atoms with Crippen molar-refractivity contribution >= 4 is 23.2 Å². The van der Waals surface area contributed by atoms with E-state index in [0.29, 0.717) is 35.6 Å². The van der Waals surface area contributed by atoms with Gasteiger partial charge in [0, 0.05) is 0 Å². The lowest BCUT2D eigenvalue weighted by atomic mass is 10.1. The Balaban J connectivity index is 2.12. The summed E-state index contributed by atoms with van der Waals surface area (Å²) in [4.78, 5) is 0. The van der Waals surface area contributed by atoms with Crippen molar-refractivity contribution in [3.05, 3.63) is 57.6 Å². The van der Waals surface area contributed by atoms with E-state index in [4.69, 9.17) is 38.4 Å². The van der Waals surface area contributed by atoms with Gasteiger partial charge in [-0.05, 0) is 55.3 Å². The van der Waals surface area contributed by atoms with Gasteiger partial charge < -0.3 is 15.2 Å². The Labute approximate surface area is 140 Å². The summed E-state index contributed by atoms with van der Waals surface area (Å²) in [5.74, 6) is 1.43. The van der Waals surface area contributed by atoms with Crippen molar-refractivity contribution in [2.24, 2.45) is 5.73 Å². The fourth-order valence-electron chi connectivity index (χ4n) is 2.05. The lowest BCUT2D eigenvalue weighted by Crippen LogP contribution is -2.04. The van der Waals surface area contributed by atoms with Crippen molar-refractivity contribution in [2.75, 3.05) is 13.2 Å². The highest BCUT2D eigenvalue weighted by atomic mass is 35.5. The molecule has 0 amide bonds. The summed E-state index contributed by atoms with van der Waals surface area (Å²) in [7, 11) is 0. The number of ether oxygens (including phenoxy) is 2. The molecule has 118 valence electrons. The van der Waals surface area contributed by atoms with Crippen LogP contribution in [0.4, 0.5) is 0 Å². The lowest BCUT2D eigenvalue weighted by molar-refractivity contribution is 0.269. The Morgan fingerprint density at radius 2 is 1.68 bits per heavy atom. The number of hydrogen-bond donors (Lipinski definition) is 1. The molecule has 2 aromatic carbocycles. The third-order valence-electron chi connectivity index (χ3n) is 3.12. The number of halogens is 2. The van der Waals surface area contributed by atoms with Crippen LogP contribution < -0.4 is 15.2 Å². The minimum absolute atomic E-state index is 0.396. The maximum absolute atomic E-state index is 6.01. The van der Waals surface area contributed by atoms with E-state index in [2.05, 4.69) is 0 Å². The SMILES string of the molecule is CCOc1cc(CCN)ccc1OCc1ccc(Cl)c(Cl)c1. The molecule has 0 saturated carbocycles. The fourth-order valence-corrected chi connectivity index (χ4v) is 2.37. The van der Waals surface area contributed by atoms with Gasteiger partial charge in [0.25, 0.3) is 0 Å². The molecule has 0 aromatic heterocycles. The first-order valence-electron chi connectivity index (χ1n) is 7.16. The molecule has 0 aliphatic heterocycles. The minimum Gasteiger partial charge on any atom is -0.490 e. The molecule has 2 rings (SSSR count). The van der Waals surface area contributed by atoms with Gasteiger partial charge in [0.1, 0.15) is 6.61 Å². The molecule has 2 N–H and O–H groups in total. The van der Waals surface area contributed by atoms with Crippen LogP contribution in [0, 0.1) is 0 Å². The molecule has 2 aromatic rings. The molecule has 0 aliphatic carbocycles. The molecule has 0 aliphatic rings. The van der Waals surface area contributed by atoms with Gasteiger partial charge in [-0.2, -0.15) is 0 Å². The monoisotopic (exact) mass is 339 g/mol. The van der Waals surface area contributed by atoms with Crippen molar-refractivity contribution < 1.29 is 9.47 Å². The zero-order chi connectivity index (χ0) is 15.9. The summed E-state index contributed by atoms with van der Waals surface area (Å²) in [5, 5.41) is 1.05. The number of benzene rings is 2. The Morgan fingerprint density at radius 1 is 0.909 bits per heavy atom. The van der Waals surface area contributed by atoms with Crippen LogP contribution >= 0.6 is 23.2 Å². The Bertz CT molecular complexity index is 632. The van der Waals surface area contributed by atoms with Gasteiger partial charge in [-0.3, -0.25) is 0 Å². The first-order chi connectivity index (χ1) is 10.6. The molecule has 0 fully saturated rings. The summed E-state index contributed by atoms with van der Waals surface area (Å²) in [6.07, 6.45) is 0.813. The van der Waals surface area contributed by atoms with E-state index in [1.54, 1.807) is 12.1 Å². The summed E-state index contributed by atoms with van der Waals surface area (Å²) in [6.45, 7) is 3.52. The predicted octanol–water partition coefficient (Wildman–Crippen LogP) is 4.47. The van der Waals surface area contributed by atoms with Crippen LogP contribution in [0.2, 0.25) is 10.0 Å².